The fourth-order valence-corrected chi connectivity index (χ4v) is 0.647. The molecule has 0 aliphatic heterocycles. The Morgan fingerprint density at radius 3 is 3.00 bits per heavy atom. The minimum atomic E-state index is 0.601. The molecule has 0 aliphatic carbocycles. The molecular weight excluding hydrogens is 156 g/mol. The second kappa shape index (κ2) is 3.66. The van der Waals surface area contributed by atoms with Gasteiger partial charge < -0.3 is 4.90 Å². The highest BCUT2D eigenvalue weighted by atomic mass is 16.1. The third-order valence-electron chi connectivity index (χ3n) is 1.33. The van der Waals surface area contributed by atoms with Crippen LogP contribution in [0.4, 0.5) is 5.82 Å². The van der Waals surface area contributed by atoms with Gasteiger partial charge >= 0.3 is 0 Å². The summed E-state index contributed by atoms with van der Waals surface area (Å²) < 4.78 is 0. The maximum absolute atomic E-state index is 10.2. The van der Waals surface area contributed by atoms with Crippen LogP contribution >= 0.6 is 0 Å². The molecule has 0 fully saturated rings. The molecule has 1 N–H and O–H groups in total. The molecule has 0 saturated carbocycles. The highest BCUT2D eigenvalue weighted by molar-refractivity contribution is 5.73. The van der Waals surface area contributed by atoms with E-state index in [0.717, 1.165) is 5.56 Å². The van der Waals surface area contributed by atoms with E-state index in [4.69, 9.17) is 0 Å². The van der Waals surface area contributed by atoms with Crippen molar-refractivity contribution < 1.29 is 4.79 Å². The first-order valence-corrected chi connectivity index (χ1v) is 3.46. The number of H-pyrrole nitrogens is 1. The molecule has 1 rings (SSSR count). The molecule has 1 heterocycles. The standard InChI is InChI=1S/C7H10N4O/c1-6-3-9-10-7(6)8-4-11(2)5-12/h3-5H,1-2H3,(H,9,10)/b8-4-. The lowest BCUT2D eigenvalue weighted by atomic mass is 10.4. The first kappa shape index (κ1) is 8.45. The van der Waals surface area contributed by atoms with Crippen molar-refractivity contribution in [1.29, 1.82) is 0 Å². The Balaban J connectivity index is 2.69. The summed E-state index contributed by atoms with van der Waals surface area (Å²) in [6.07, 6.45) is 3.83. The zero-order valence-corrected chi connectivity index (χ0v) is 6.98. The number of amides is 1. The van der Waals surface area contributed by atoms with Crippen molar-refractivity contribution in [3.63, 3.8) is 0 Å². The van der Waals surface area contributed by atoms with E-state index in [9.17, 15) is 4.79 Å². The van der Waals surface area contributed by atoms with Crippen molar-refractivity contribution in [2.24, 2.45) is 4.99 Å². The van der Waals surface area contributed by atoms with Crippen molar-refractivity contribution in [2.75, 3.05) is 7.05 Å². The quantitative estimate of drug-likeness (QED) is 0.403. The Labute approximate surface area is 70.1 Å². The Morgan fingerprint density at radius 2 is 2.50 bits per heavy atom. The number of aryl methyl sites for hydroxylation is 1. The lowest BCUT2D eigenvalue weighted by Crippen LogP contribution is -2.12. The number of aliphatic imine (C=N–C) groups is 1. The summed E-state index contributed by atoms with van der Waals surface area (Å²) in [5, 5.41) is 6.53. The van der Waals surface area contributed by atoms with E-state index in [1.54, 1.807) is 13.2 Å². The third kappa shape index (κ3) is 1.91. The second-order valence-corrected chi connectivity index (χ2v) is 2.41. The molecule has 5 heteroatoms. The molecule has 0 unspecified atom stereocenters. The Kier molecular flexibility index (Phi) is 2.57. The molecule has 0 spiro atoms. The number of rotatable bonds is 3. The van der Waals surface area contributed by atoms with Gasteiger partial charge in [-0.25, -0.2) is 4.99 Å². The maximum atomic E-state index is 10.2. The summed E-state index contributed by atoms with van der Waals surface area (Å²) in [5.74, 6) is 0.601. The predicted octanol–water partition coefficient (Wildman–Crippen LogP) is 0.466. The second-order valence-electron chi connectivity index (χ2n) is 2.41. The molecule has 0 saturated heterocycles. The van der Waals surface area contributed by atoms with Gasteiger partial charge in [0.05, 0.1) is 6.34 Å². The van der Waals surface area contributed by atoms with E-state index < -0.39 is 0 Å². The molecule has 1 aromatic heterocycles. The summed E-state index contributed by atoms with van der Waals surface area (Å²) >= 11 is 0. The van der Waals surface area contributed by atoms with Crippen molar-refractivity contribution >= 4 is 18.6 Å². The van der Waals surface area contributed by atoms with Gasteiger partial charge in [-0.2, -0.15) is 5.10 Å². The largest absolute Gasteiger partial charge is 0.309 e. The first-order chi connectivity index (χ1) is 5.74. The number of nitrogens with zero attached hydrogens (tertiary/aromatic N) is 3. The van der Waals surface area contributed by atoms with Crippen LogP contribution in [-0.4, -0.2) is 34.9 Å². The van der Waals surface area contributed by atoms with Crippen LogP contribution in [0.3, 0.4) is 0 Å². The van der Waals surface area contributed by atoms with Crippen LogP contribution in [0.25, 0.3) is 0 Å². The van der Waals surface area contributed by atoms with E-state index in [2.05, 4.69) is 15.2 Å². The van der Waals surface area contributed by atoms with Crippen LogP contribution < -0.4 is 0 Å². The van der Waals surface area contributed by atoms with Crippen LogP contribution in [0.1, 0.15) is 5.56 Å². The van der Waals surface area contributed by atoms with Crippen molar-refractivity contribution in [2.45, 2.75) is 6.92 Å². The van der Waals surface area contributed by atoms with Crippen molar-refractivity contribution in [3.05, 3.63) is 11.8 Å². The highest BCUT2D eigenvalue weighted by Gasteiger charge is 1.96. The van der Waals surface area contributed by atoms with Crippen molar-refractivity contribution in [3.8, 4) is 0 Å². The van der Waals surface area contributed by atoms with Gasteiger partial charge in [0.2, 0.25) is 6.41 Å². The number of aromatic nitrogens is 2. The monoisotopic (exact) mass is 166 g/mol. The summed E-state index contributed by atoms with van der Waals surface area (Å²) in [5.41, 5.74) is 0.950. The lowest BCUT2D eigenvalue weighted by molar-refractivity contribution is -0.113. The Morgan fingerprint density at radius 1 is 1.75 bits per heavy atom. The van der Waals surface area contributed by atoms with Gasteiger partial charge in [-0.1, -0.05) is 0 Å². The number of carbonyl (C=O) groups excluding carboxylic acids is 1. The molecule has 0 atom stereocenters. The zero-order valence-electron chi connectivity index (χ0n) is 6.98. The maximum Gasteiger partial charge on any atom is 0.214 e. The van der Waals surface area contributed by atoms with Crippen LogP contribution in [0.5, 0.6) is 0 Å². The summed E-state index contributed by atoms with van der Waals surface area (Å²) in [4.78, 5) is 15.4. The number of hydrogen-bond acceptors (Lipinski definition) is 3. The van der Waals surface area contributed by atoms with Crippen LogP contribution in [0.15, 0.2) is 11.2 Å². The molecular formula is C7H10N4O. The smallest absolute Gasteiger partial charge is 0.214 e. The van der Waals surface area contributed by atoms with Gasteiger partial charge in [0.15, 0.2) is 5.82 Å². The molecule has 1 aromatic rings. The van der Waals surface area contributed by atoms with Gasteiger partial charge in [-0.3, -0.25) is 9.89 Å². The van der Waals surface area contributed by atoms with E-state index in [1.807, 2.05) is 6.92 Å². The van der Waals surface area contributed by atoms with Crippen LogP contribution in [-0.2, 0) is 4.79 Å². The predicted molar refractivity (Wildman–Crippen MR) is 45.3 cm³/mol. The fourth-order valence-electron chi connectivity index (χ4n) is 0.647. The SMILES string of the molecule is Cc1c[nH]nc1/N=C\N(C)C=O. The zero-order chi connectivity index (χ0) is 8.97. The molecule has 5 nitrogen and oxygen atoms in total. The number of hydrogen-bond donors (Lipinski definition) is 1. The summed E-state index contributed by atoms with van der Waals surface area (Å²) in [6, 6.07) is 0. The lowest BCUT2D eigenvalue weighted by Gasteiger charge is -1.98. The van der Waals surface area contributed by atoms with Gasteiger partial charge in [0, 0.05) is 18.8 Å². The van der Waals surface area contributed by atoms with E-state index in [0.29, 0.717) is 12.2 Å². The molecule has 64 valence electrons. The fraction of sp³-hybridized carbons (Fsp3) is 0.286. The normalized spacial score (nSPS) is 10.5. The molecule has 0 aliphatic rings. The Bertz CT molecular complexity index is 291. The molecule has 0 aromatic carbocycles. The van der Waals surface area contributed by atoms with E-state index in [1.165, 1.54) is 11.2 Å². The van der Waals surface area contributed by atoms with Gasteiger partial charge in [-0.15, -0.1) is 0 Å². The average Bonchev–Trinajstić information content (AvgIpc) is 2.47. The van der Waals surface area contributed by atoms with E-state index in [-0.39, 0.29) is 0 Å². The van der Waals surface area contributed by atoms with Crippen molar-refractivity contribution in [1.82, 2.24) is 15.1 Å². The van der Waals surface area contributed by atoms with Gasteiger partial charge in [0.25, 0.3) is 0 Å². The van der Waals surface area contributed by atoms with E-state index >= 15 is 0 Å². The van der Waals surface area contributed by atoms with Crippen LogP contribution in [0.2, 0.25) is 0 Å². The minimum Gasteiger partial charge on any atom is -0.309 e. The van der Waals surface area contributed by atoms with Crippen LogP contribution in [0, 0.1) is 6.92 Å². The molecule has 1 amide bonds. The molecule has 0 bridgehead atoms. The van der Waals surface area contributed by atoms with Gasteiger partial charge in [-0.05, 0) is 6.92 Å². The number of nitrogens with one attached hydrogen (secondary N) is 1. The van der Waals surface area contributed by atoms with Gasteiger partial charge in [0.1, 0.15) is 0 Å². The number of carbonyl (C=O) groups is 1. The molecule has 12 heavy (non-hydrogen) atoms. The summed E-state index contributed by atoms with van der Waals surface area (Å²) in [7, 11) is 1.61. The minimum absolute atomic E-state index is 0.601. The third-order valence-corrected chi connectivity index (χ3v) is 1.33. The first-order valence-electron chi connectivity index (χ1n) is 3.46. The Hall–Kier alpha value is -1.65. The molecule has 0 radical (unpaired) electrons. The highest BCUT2D eigenvalue weighted by Crippen LogP contribution is 2.11. The number of aromatic amines is 1. The topological polar surface area (TPSA) is 61.4 Å². The summed E-state index contributed by atoms with van der Waals surface area (Å²) in [6.45, 7) is 1.89. The average molecular weight is 166 g/mol.